The van der Waals surface area contributed by atoms with Crippen LogP contribution in [0.1, 0.15) is 24.5 Å². The number of aryl methyl sites for hydroxylation is 2. The number of fused-ring (bicyclic) bond motifs is 1. The fourth-order valence-corrected chi connectivity index (χ4v) is 3.49. The Hall–Kier alpha value is -3.41. The number of hydrogen-bond acceptors (Lipinski definition) is 5. The van der Waals surface area contributed by atoms with E-state index in [4.69, 9.17) is 9.47 Å². The van der Waals surface area contributed by atoms with Gasteiger partial charge in [0.2, 0.25) is 0 Å². The smallest absolute Gasteiger partial charge is 0.266 e. The van der Waals surface area contributed by atoms with Gasteiger partial charge in [-0.05, 0) is 73.7 Å². The maximum Gasteiger partial charge on any atom is 0.266 e. The maximum atomic E-state index is 12.7. The molecule has 3 aromatic rings. The summed E-state index contributed by atoms with van der Waals surface area (Å²) in [6, 6.07) is 13.5. The summed E-state index contributed by atoms with van der Waals surface area (Å²) in [6.07, 6.45) is 5.84. The number of nitrogens with one attached hydrogen (secondary N) is 1. The molecule has 1 N–H and O–H groups in total. The van der Waals surface area contributed by atoms with Crippen LogP contribution in [-0.2, 0) is 17.6 Å². The number of nitrogens with zero attached hydrogens (tertiary/aromatic N) is 2. The van der Waals surface area contributed by atoms with Crippen molar-refractivity contribution >= 4 is 11.7 Å². The quantitative estimate of drug-likeness (QED) is 0.689. The summed E-state index contributed by atoms with van der Waals surface area (Å²) < 4.78 is 11.1. The molecule has 0 fully saturated rings. The lowest BCUT2D eigenvalue weighted by molar-refractivity contribution is -0.122. The van der Waals surface area contributed by atoms with E-state index >= 15 is 0 Å². The van der Waals surface area contributed by atoms with Crippen molar-refractivity contribution in [2.75, 3.05) is 12.4 Å². The molecule has 1 unspecified atom stereocenters. The number of amides is 1. The van der Waals surface area contributed by atoms with Crippen LogP contribution in [0.15, 0.2) is 54.9 Å². The predicted molar refractivity (Wildman–Crippen MR) is 111 cm³/mol. The average molecular weight is 389 g/mol. The van der Waals surface area contributed by atoms with Gasteiger partial charge in [-0.2, -0.15) is 0 Å². The van der Waals surface area contributed by atoms with Crippen molar-refractivity contribution in [2.24, 2.45) is 0 Å². The van der Waals surface area contributed by atoms with E-state index in [9.17, 15) is 4.79 Å². The van der Waals surface area contributed by atoms with Crippen molar-refractivity contribution in [3.63, 3.8) is 0 Å². The Labute approximate surface area is 169 Å². The van der Waals surface area contributed by atoms with Gasteiger partial charge in [0.1, 0.15) is 17.2 Å². The number of ether oxygens (including phenoxy) is 2. The van der Waals surface area contributed by atoms with E-state index in [1.54, 1.807) is 26.4 Å². The summed E-state index contributed by atoms with van der Waals surface area (Å²) in [5.74, 6) is 1.58. The Kier molecular flexibility index (Phi) is 5.42. The molecule has 148 valence electrons. The van der Waals surface area contributed by atoms with Crippen molar-refractivity contribution < 1.29 is 14.3 Å². The van der Waals surface area contributed by atoms with E-state index in [0.717, 1.165) is 24.2 Å². The normalized spacial score (nSPS) is 13.4. The largest absolute Gasteiger partial charge is 0.497 e. The van der Waals surface area contributed by atoms with Crippen molar-refractivity contribution in [1.82, 2.24) is 9.97 Å². The van der Waals surface area contributed by atoms with E-state index < -0.39 is 6.10 Å². The zero-order valence-corrected chi connectivity index (χ0v) is 16.5. The zero-order chi connectivity index (χ0) is 20.2. The molecule has 1 aliphatic rings. The number of hydrogen-bond donors (Lipinski definition) is 1. The van der Waals surface area contributed by atoms with Crippen molar-refractivity contribution in [2.45, 2.75) is 32.3 Å². The molecule has 0 radical (unpaired) electrons. The van der Waals surface area contributed by atoms with Crippen molar-refractivity contribution in [3.05, 3.63) is 66.0 Å². The van der Waals surface area contributed by atoms with Crippen molar-refractivity contribution in [3.8, 4) is 22.8 Å². The Balaban J connectivity index is 1.48. The third kappa shape index (κ3) is 4.21. The van der Waals surface area contributed by atoms with Crippen LogP contribution in [-0.4, -0.2) is 29.1 Å². The first-order chi connectivity index (χ1) is 14.1. The lowest BCUT2D eigenvalue weighted by atomic mass is 10.1. The summed E-state index contributed by atoms with van der Waals surface area (Å²) in [5.41, 5.74) is 4.11. The number of carbonyl (C=O) groups excluding carboxylic acids is 1. The SMILES string of the molecule is COc1ccc(-c2nccnc2NC(=O)C(C)Oc2ccc3c(c2)CCC3)cc1. The highest BCUT2D eigenvalue weighted by molar-refractivity contribution is 5.96. The second-order valence-corrected chi connectivity index (χ2v) is 7.02. The van der Waals surface area contributed by atoms with Gasteiger partial charge in [-0.25, -0.2) is 4.98 Å². The van der Waals surface area contributed by atoms with E-state index in [2.05, 4.69) is 21.4 Å². The van der Waals surface area contributed by atoms with Gasteiger partial charge in [-0.3, -0.25) is 9.78 Å². The molecule has 1 amide bonds. The summed E-state index contributed by atoms with van der Waals surface area (Å²) in [4.78, 5) is 21.4. The van der Waals surface area contributed by atoms with Crippen LogP contribution in [0.2, 0.25) is 0 Å². The Morgan fingerprint density at radius 3 is 2.52 bits per heavy atom. The van der Waals surface area contributed by atoms with Gasteiger partial charge in [0, 0.05) is 18.0 Å². The minimum atomic E-state index is -0.667. The minimum absolute atomic E-state index is 0.277. The highest BCUT2D eigenvalue weighted by Crippen LogP contribution is 2.28. The highest BCUT2D eigenvalue weighted by Gasteiger charge is 2.19. The fraction of sp³-hybridized carbons (Fsp3) is 0.261. The van der Waals surface area contributed by atoms with E-state index in [0.29, 0.717) is 17.3 Å². The van der Waals surface area contributed by atoms with Gasteiger partial charge in [0.25, 0.3) is 5.91 Å². The van der Waals surface area contributed by atoms with Crippen LogP contribution in [0, 0.1) is 0 Å². The van der Waals surface area contributed by atoms with Gasteiger partial charge >= 0.3 is 0 Å². The van der Waals surface area contributed by atoms with Crippen LogP contribution in [0.25, 0.3) is 11.3 Å². The molecule has 0 saturated carbocycles. The molecule has 0 aliphatic heterocycles. The molecule has 1 atom stereocenters. The minimum Gasteiger partial charge on any atom is -0.497 e. The summed E-state index contributed by atoms with van der Waals surface area (Å²) in [7, 11) is 1.62. The lowest BCUT2D eigenvalue weighted by Gasteiger charge is -2.16. The molecule has 1 aliphatic carbocycles. The van der Waals surface area contributed by atoms with E-state index in [1.165, 1.54) is 17.5 Å². The topological polar surface area (TPSA) is 73.3 Å². The van der Waals surface area contributed by atoms with E-state index in [1.807, 2.05) is 36.4 Å². The number of benzene rings is 2. The number of rotatable bonds is 6. The molecule has 0 spiro atoms. The molecule has 4 rings (SSSR count). The molecule has 29 heavy (non-hydrogen) atoms. The molecule has 1 aromatic heterocycles. The van der Waals surface area contributed by atoms with Gasteiger partial charge in [-0.1, -0.05) is 6.07 Å². The number of methoxy groups -OCH3 is 1. The van der Waals surface area contributed by atoms with Crippen LogP contribution < -0.4 is 14.8 Å². The first-order valence-corrected chi connectivity index (χ1v) is 9.69. The summed E-state index contributed by atoms with van der Waals surface area (Å²) >= 11 is 0. The summed E-state index contributed by atoms with van der Waals surface area (Å²) in [5, 5.41) is 2.84. The predicted octanol–water partition coefficient (Wildman–Crippen LogP) is 4.05. The number of anilines is 1. The Bertz CT molecular complexity index is 1020. The van der Waals surface area contributed by atoms with Crippen LogP contribution in [0.3, 0.4) is 0 Å². The van der Waals surface area contributed by atoms with E-state index in [-0.39, 0.29) is 5.91 Å². The average Bonchev–Trinajstić information content (AvgIpc) is 3.22. The monoisotopic (exact) mass is 389 g/mol. The standard InChI is InChI=1S/C23H23N3O3/c1-15(29-20-11-6-16-4-3-5-18(16)14-20)23(27)26-22-21(24-12-13-25-22)17-7-9-19(28-2)10-8-17/h6-15H,3-5H2,1-2H3,(H,25,26,27). The second kappa shape index (κ2) is 8.31. The van der Waals surface area contributed by atoms with Crippen molar-refractivity contribution in [1.29, 1.82) is 0 Å². The second-order valence-electron chi connectivity index (χ2n) is 7.02. The number of aromatic nitrogens is 2. The molecule has 2 aromatic carbocycles. The molecule has 1 heterocycles. The van der Waals surface area contributed by atoms with Crippen LogP contribution >= 0.6 is 0 Å². The molecular weight excluding hydrogens is 366 g/mol. The molecule has 0 saturated heterocycles. The fourth-order valence-electron chi connectivity index (χ4n) is 3.49. The molecule has 6 heteroatoms. The Morgan fingerprint density at radius 1 is 1.00 bits per heavy atom. The summed E-state index contributed by atoms with van der Waals surface area (Å²) in [6.45, 7) is 1.73. The maximum absolute atomic E-state index is 12.7. The first kappa shape index (κ1) is 18.9. The molecular formula is C23H23N3O3. The first-order valence-electron chi connectivity index (χ1n) is 9.69. The van der Waals surface area contributed by atoms with Gasteiger partial charge in [0.05, 0.1) is 7.11 Å². The van der Waals surface area contributed by atoms with Gasteiger partial charge in [0.15, 0.2) is 11.9 Å². The zero-order valence-electron chi connectivity index (χ0n) is 16.5. The Morgan fingerprint density at radius 2 is 1.72 bits per heavy atom. The van der Waals surface area contributed by atoms with Gasteiger partial charge in [-0.15, -0.1) is 0 Å². The van der Waals surface area contributed by atoms with Crippen LogP contribution in [0.5, 0.6) is 11.5 Å². The highest BCUT2D eigenvalue weighted by atomic mass is 16.5. The molecule has 6 nitrogen and oxygen atoms in total. The third-order valence-corrected chi connectivity index (χ3v) is 5.06. The molecule has 0 bridgehead atoms. The lowest BCUT2D eigenvalue weighted by Crippen LogP contribution is -2.30. The number of carbonyl (C=O) groups is 1. The van der Waals surface area contributed by atoms with Crippen LogP contribution in [0.4, 0.5) is 5.82 Å². The van der Waals surface area contributed by atoms with Gasteiger partial charge < -0.3 is 14.8 Å². The third-order valence-electron chi connectivity index (χ3n) is 5.06.